The van der Waals surface area contributed by atoms with Crippen LogP contribution in [0.5, 0.6) is 0 Å². The molecule has 0 unspecified atom stereocenters. The minimum Gasteiger partial charge on any atom is -0.313 e. The van der Waals surface area contributed by atoms with Crippen LogP contribution in [-0.4, -0.2) is 24.5 Å². The number of hydrogen-bond donors (Lipinski definition) is 1. The van der Waals surface area contributed by atoms with Crippen molar-refractivity contribution in [1.82, 2.24) is 4.90 Å². The van der Waals surface area contributed by atoms with Crippen molar-refractivity contribution in [2.75, 3.05) is 19.6 Å². The van der Waals surface area contributed by atoms with Crippen LogP contribution in [0.25, 0.3) is 0 Å². The third-order valence-electron chi connectivity index (χ3n) is 5.31. The van der Waals surface area contributed by atoms with E-state index in [1.807, 2.05) is 0 Å². The lowest BCUT2D eigenvalue weighted by Gasteiger charge is -2.37. The van der Waals surface area contributed by atoms with E-state index in [-0.39, 0.29) is 0 Å². The molecule has 1 fully saturated rings. The van der Waals surface area contributed by atoms with Crippen LogP contribution in [0.2, 0.25) is 0 Å². The topological polar surface area (TPSA) is 19.9 Å². The number of rotatable bonds is 2. The van der Waals surface area contributed by atoms with Gasteiger partial charge in [0.1, 0.15) is 5.69 Å². The predicted molar refractivity (Wildman–Crippen MR) is 85.5 cm³/mol. The van der Waals surface area contributed by atoms with Crippen molar-refractivity contribution in [3.8, 4) is 0 Å². The van der Waals surface area contributed by atoms with Crippen LogP contribution in [0, 0.1) is 0 Å². The number of hydrogen-bond acceptors (Lipinski definition) is 1. The summed E-state index contributed by atoms with van der Waals surface area (Å²) in [5.41, 5.74) is 4.95. The molecule has 2 N–H and O–H groups in total. The normalized spacial score (nSPS) is 20.6. The second-order valence-corrected chi connectivity index (χ2v) is 6.54. The Morgan fingerprint density at radius 2 is 1.62 bits per heavy atom. The lowest BCUT2D eigenvalue weighted by Crippen LogP contribution is -2.78. The average Bonchev–Trinajstić information content (AvgIpc) is 2.90. The predicted octanol–water partition coefficient (Wildman–Crippen LogP) is 2.43. The largest absolute Gasteiger partial charge is 0.313 e. The van der Waals surface area contributed by atoms with E-state index in [2.05, 4.69) is 64.8 Å². The van der Waals surface area contributed by atoms with Crippen molar-refractivity contribution in [3.63, 3.8) is 0 Å². The van der Waals surface area contributed by atoms with Crippen LogP contribution in [-0.2, 0) is 12.0 Å². The van der Waals surface area contributed by atoms with Gasteiger partial charge in [0.05, 0.1) is 12.0 Å². The summed E-state index contributed by atoms with van der Waals surface area (Å²) in [7, 11) is 0. The zero-order valence-corrected chi connectivity index (χ0v) is 12.5. The highest BCUT2D eigenvalue weighted by atomic mass is 15.1. The van der Waals surface area contributed by atoms with Crippen molar-refractivity contribution in [1.29, 1.82) is 0 Å². The Morgan fingerprint density at radius 3 is 2.43 bits per heavy atom. The number of piperidine rings is 1. The van der Waals surface area contributed by atoms with E-state index in [1.165, 1.54) is 43.7 Å². The average molecular weight is 279 g/mol. The van der Waals surface area contributed by atoms with Crippen molar-refractivity contribution >= 4 is 5.69 Å². The fourth-order valence-corrected chi connectivity index (χ4v) is 4.03. The molecule has 2 aromatic rings. The number of quaternary nitrogens is 1. The lowest BCUT2D eigenvalue weighted by molar-refractivity contribution is -0.569. The first-order chi connectivity index (χ1) is 10.4. The van der Waals surface area contributed by atoms with E-state index < -0.39 is 0 Å². The molecule has 0 saturated carbocycles. The Bertz CT molecular complexity index is 612. The maximum atomic E-state index is 2.61. The van der Waals surface area contributed by atoms with Gasteiger partial charge in [-0.25, -0.2) is 0 Å². The molecule has 0 bridgehead atoms. The zero-order valence-electron chi connectivity index (χ0n) is 12.5. The van der Waals surface area contributed by atoms with Crippen molar-refractivity contribution in [2.45, 2.75) is 24.8 Å². The molecular weight excluding hydrogens is 256 g/mol. The molecule has 108 valence electrons. The lowest BCUT2D eigenvalue weighted by atomic mass is 9.74. The molecule has 4 rings (SSSR count). The molecule has 0 radical (unpaired) electrons. The Hall–Kier alpha value is -1.64. The van der Waals surface area contributed by atoms with Gasteiger partial charge >= 0.3 is 0 Å². The van der Waals surface area contributed by atoms with Crippen LogP contribution in [0.3, 0.4) is 0 Å². The molecule has 0 atom stereocenters. The minimum atomic E-state index is 0.434. The van der Waals surface area contributed by atoms with Gasteiger partial charge in [-0.3, -0.25) is 4.90 Å². The second-order valence-electron chi connectivity index (χ2n) is 6.54. The highest BCUT2D eigenvalue weighted by Gasteiger charge is 2.44. The molecule has 0 amide bonds. The summed E-state index contributed by atoms with van der Waals surface area (Å²) in [6.07, 6.45) is 2.60. The summed E-state index contributed by atoms with van der Waals surface area (Å²) in [4.78, 5) is 2.61. The van der Waals surface area contributed by atoms with Crippen LogP contribution in [0.15, 0.2) is 54.6 Å². The summed E-state index contributed by atoms with van der Waals surface area (Å²) >= 11 is 0. The molecule has 2 aliphatic heterocycles. The standard InChI is InChI=1S/C19H22N2/c1-2-6-16(7-3-1)14-21-12-10-19(11-13-21)15-20-18-9-5-4-8-17(18)19/h1-9,20H,10-15H2/p+1. The van der Waals surface area contributed by atoms with Crippen LogP contribution in [0.4, 0.5) is 5.69 Å². The van der Waals surface area contributed by atoms with E-state index in [4.69, 9.17) is 0 Å². The minimum absolute atomic E-state index is 0.434. The monoisotopic (exact) mass is 279 g/mol. The molecule has 0 aliphatic carbocycles. The van der Waals surface area contributed by atoms with Gasteiger partial charge in [0.2, 0.25) is 0 Å². The Balaban J connectivity index is 1.46. The van der Waals surface area contributed by atoms with E-state index in [0.29, 0.717) is 5.41 Å². The van der Waals surface area contributed by atoms with E-state index in [9.17, 15) is 0 Å². The van der Waals surface area contributed by atoms with Gasteiger partial charge in [0.25, 0.3) is 0 Å². The van der Waals surface area contributed by atoms with Gasteiger partial charge in [0, 0.05) is 12.1 Å². The Morgan fingerprint density at radius 1 is 0.905 bits per heavy atom. The fourth-order valence-electron chi connectivity index (χ4n) is 4.03. The van der Waals surface area contributed by atoms with E-state index in [1.54, 1.807) is 5.56 Å². The Kier molecular flexibility index (Phi) is 3.28. The highest BCUT2D eigenvalue weighted by Crippen LogP contribution is 2.40. The SMILES string of the molecule is c1ccc(CN2CCC3(CC2)C[NH2+]c2ccccc23)cc1. The number of nitrogens with two attached hydrogens (primary N) is 1. The summed E-state index contributed by atoms with van der Waals surface area (Å²) in [5.74, 6) is 0. The molecule has 1 saturated heterocycles. The van der Waals surface area contributed by atoms with Gasteiger partial charge < -0.3 is 5.32 Å². The van der Waals surface area contributed by atoms with Crippen molar-refractivity contribution in [3.05, 3.63) is 65.7 Å². The maximum absolute atomic E-state index is 2.61. The van der Waals surface area contributed by atoms with Gasteiger partial charge in [-0.2, -0.15) is 0 Å². The molecular formula is C19H23N2+. The highest BCUT2D eigenvalue weighted by molar-refractivity contribution is 5.47. The quantitative estimate of drug-likeness (QED) is 0.837. The van der Waals surface area contributed by atoms with Crippen molar-refractivity contribution < 1.29 is 5.32 Å². The van der Waals surface area contributed by atoms with Crippen LogP contribution >= 0.6 is 0 Å². The van der Waals surface area contributed by atoms with Gasteiger partial charge in [0.15, 0.2) is 0 Å². The second kappa shape index (κ2) is 5.28. The van der Waals surface area contributed by atoms with Crippen LogP contribution in [0.1, 0.15) is 24.0 Å². The molecule has 2 nitrogen and oxygen atoms in total. The number of likely N-dealkylation sites (tertiary alicyclic amines) is 1. The third kappa shape index (κ3) is 2.39. The van der Waals surface area contributed by atoms with Gasteiger partial charge in [-0.05, 0) is 37.6 Å². The molecule has 2 heterocycles. The first-order valence-electron chi connectivity index (χ1n) is 8.05. The number of nitrogens with zero attached hydrogens (tertiary/aromatic N) is 1. The zero-order chi connectivity index (χ0) is 14.1. The molecule has 1 spiro atoms. The molecule has 2 heteroatoms. The summed E-state index contributed by atoms with van der Waals surface area (Å²) in [6.45, 7) is 4.78. The molecule has 0 aromatic heterocycles. The number of benzene rings is 2. The molecule has 2 aromatic carbocycles. The van der Waals surface area contributed by atoms with E-state index >= 15 is 0 Å². The summed E-state index contributed by atoms with van der Waals surface area (Å²) in [5, 5.41) is 2.45. The molecule has 2 aliphatic rings. The first-order valence-corrected chi connectivity index (χ1v) is 8.05. The fraction of sp³-hybridized carbons (Fsp3) is 0.368. The van der Waals surface area contributed by atoms with Crippen LogP contribution < -0.4 is 5.32 Å². The first kappa shape index (κ1) is 13.1. The molecule has 21 heavy (non-hydrogen) atoms. The van der Waals surface area contributed by atoms with E-state index in [0.717, 1.165) is 6.54 Å². The van der Waals surface area contributed by atoms with Gasteiger partial charge in [-0.15, -0.1) is 0 Å². The van der Waals surface area contributed by atoms with Crippen molar-refractivity contribution in [2.24, 2.45) is 0 Å². The smallest absolute Gasteiger partial charge is 0.133 e. The summed E-state index contributed by atoms with van der Waals surface area (Å²) in [6, 6.07) is 19.9. The van der Waals surface area contributed by atoms with Gasteiger partial charge in [-0.1, -0.05) is 48.5 Å². The third-order valence-corrected chi connectivity index (χ3v) is 5.31. The Labute approximate surface area is 126 Å². The maximum Gasteiger partial charge on any atom is 0.133 e. The number of para-hydroxylation sites is 1. The summed E-state index contributed by atoms with van der Waals surface area (Å²) < 4.78 is 0. The number of fused-ring (bicyclic) bond motifs is 2.